The molecule has 2 fully saturated rings. The second-order valence-electron chi connectivity index (χ2n) is 7.08. The van der Waals surface area contributed by atoms with Crippen LogP contribution in [-0.4, -0.2) is 36.2 Å². The van der Waals surface area contributed by atoms with Crippen LogP contribution in [0.3, 0.4) is 0 Å². The van der Waals surface area contributed by atoms with Crippen LogP contribution in [0.1, 0.15) is 58.8 Å². The van der Waals surface area contributed by atoms with Crippen molar-refractivity contribution < 1.29 is 5.11 Å². The molecule has 1 aliphatic heterocycles. The van der Waals surface area contributed by atoms with Crippen molar-refractivity contribution in [2.75, 3.05) is 26.2 Å². The summed E-state index contributed by atoms with van der Waals surface area (Å²) in [6.07, 6.45) is 9.22. The van der Waals surface area contributed by atoms with E-state index in [1.807, 2.05) is 0 Å². The molecule has 1 saturated carbocycles. The second-order valence-corrected chi connectivity index (χ2v) is 7.08. The Morgan fingerprint density at radius 1 is 1.11 bits per heavy atom. The van der Waals surface area contributed by atoms with Gasteiger partial charge in [-0.25, -0.2) is 0 Å². The van der Waals surface area contributed by atoms with Gasteiger partial charge in [-0.2, -0.15) is 0 Å². The average molecular weight is 253 g/mol. The van der Waals surface area contributed by atoms with Crippen LogP contribution in [-0.2, 0) is 0 Å². The number of aliphatic hydroxyl groups is 1. The lowest BCUT2D eigenvalue weighted by atomic mass is 9.74. The smallest absolute Gasteiger partial charge is 0.0499 e. The molecule has 1 heterocycles. The molecular weight excluding hydrogens is 222 g/mol. The third-order valence-corrected chi connectivity index (χ3v) is 5.38. The van der Waals surface area contributed by atoms with Crippen molar-refractivity contribution >= 4 is 0 Å². The third kappa shape index (κ3) is 3.48. The van der Waals surface area contributed by atoms with Gasteiger partial charge in [0, 0.05) is 18.6 Å². The van der Waals surface area contributed by atoms with E-state index in [1.54, 1.807) is 0 Å². The lowest BCUT2D eigenvalue weighted by molar-refractivity contribution is 0.0255. The van der Waals surface area contributed by atoms with Gasteiger partial charge in [-0.1, -0.05) is 33.1 Å². The number of hydrogen-bond acceptors (Lipinski definition) is 2. The van der Waals surface area contributed by atoms with Crippen molar-refractivity contribution in [2.45, 2.75) is 58.8 Å². The van der Waals surface area contributed by atoms with Crippen molar-refractivity contribution in [1.29, 1.82) is 0 Å². The molecule has 18 heavy (non-hydrogen) atoms. The first-order chi connectivity index (χ1) is 8.65. The fourth-order valence-electron chi connectivity index (χ4n) is 3.92. The van der Waals surface area contributed by atoms with Crippen molar-refractivity contribution in [3.05, 3.63) is 0 Å². The SMILES string of the molecule is CC(C)C1CCN(CC2(CO)CCCCC2)CC1. The van der Waals surface area contributed by atoms with Crippen LogP contribution >= 0.6 is 0 Å². The highest BCUT2D eigenvalue weighted by Crippen LogP contribution is 2.37. The van der Waals surface area contributed by atoms with Gasteiger partial charge in [-0.15, -0.1) is 0 Å². The van der Waals surface area contributed by atoms with Gasteiger partial charge in [-0.05, 0) is 50.6 Å². The molecule has 2 aliphatic rings. The Bertz CT molecular complexity index is 237. The van der Waals surface area contributed by atoms with Gasteiger partial charge < -0.3 is 10.0 Å². The standard InChI is InChI=1S/C16H31NO/c1-14(2)15-6-10-17(11-7-15)12-16(13-18)8-4-3-5-9-16/h14-15,18H,3-13H2,1-2H3. The quantitative estimate of drug-likeness (QED) is 0.831. The van der Waals surface area contributed by atoms with Gasteiger partial charge in [0.1, 0.15) is 0 Å². The molecule has 1 saturated heterocycles. The first kappa shape index (κ1) is 14.3. The third-order valence-electron chi connectivity index (χ3n) is 5.38. The zero-order chi connectivity index (χ0) is 13.0. The van der Waals surface area contributed by atoms with E-state index in [4.69, 9.17) is 0 Å². The molecule has 0 spiro atoms. The molecule has 0 atom stereocenters. The number of hydrogen-bond donors (Lipinski definition) is 1. The summed E-state index contributed by atoms with van der Waals surface area (Å²) < 4.78 is 0. The molecule has 2 nitrogen and oxygen atoms in total. The van der Waals surface area contributed by atoms with E-state index in [0.717, 1.165) is 18.4 Å². The Labute approximate surface area is 113 Å². The predicted molar refractivity (Wildman–Crippen MR) is 76.6 cm³/mol. The fraction of sp³-hybridized carbons (Fsp3) is 1.00. The number of rotatable bonds is 4. The van der Waals surface area contributed by atoms with Gasteiger partial charge in [0.2, 0.25) is 0 Å². The summed E-state index contributed by atoms with van der Waals surface area (Å²) in [4.78, 5) is 2.63. The molecule has 0 bridgehead atoms. The molecule has 106 valence electrons. The van der Waals surface area contributed by atoms with Crippen LogP contribution in [0.2, 0.25) is 0 Å². The van der Waals surface area contributed by atoms with Crippen molar-refractivity contribution in [3.63, 3.8) is 0 Å². The van der Waals surface area contributed by atoms with Gasteiger partial charge >= 0.3 is 0 Å². The van der Waals surface area contributed by atoms with Gasteiger partial charge in [0.25, 0.3) is 0 Å². The van der Waals surface area contributed by atoms with Gasteiger partial charge in [0.05, 0.1) is 0 Å². The molecule has 0 aromatic heterocycles. The number of aliphatic hydroxyl groups excluding tert-OH is 1. The summed E-state index contributed by atoms with van der Waals surface area (Å²) in [5.41, 5.74) is 0.239. The van der Waals surface area contributed by atoms with E-state index in [2.05, 4.69) is 18.7 Å². The maximum Gasteiger partial charge on any atom is 0.0499 e. The molecule has 0 aromatic carbocycles. The van der Waals surface area contributed by atoms with Crippen molar-refractivity contribution in [3.8, 4) is 0 Å². The summed E-state index contributed by atoms with van der Waals surface area (Å²) in [5, 5.41) is 9.79. The summed E-state index contributed by atoms with van der Waals surface area (Å²) in [5.74, 6) is 1.77. The molecule has 1 aliphatic carbocycles. The van der Waals surface area contributed by atoms with E-state index in [0.29, 0.717) is 6.61 Å². The maximum absolute atomic E-state index is 9.79. The monoisotopic (exact) mass is 253 g/mol. The van der Waals surface area contributed by atoms with Crippen LogP contribution in [0.25, 0.3) is 0 Å². The molecule has 0 unspecified atom stereocenters. The Morgan fingerprint density at radius 2 is 1.72 bits per heavy atom. The lowest BCUT2D eigenvalue weighted by Crippen LogP contribution is -2.45. The minimum atomic E-state index is 0.239. The molecule has 0 amide bonds. The van der Waals surface area contributed by atoms with Crippen molar-refractivity contribution in [2.24, 2.45) is 17.3 Å². The van der Waals surface area contributed by atoms with E-state index in [1.165, 1.54) is 58.0 Å². The summed E-state index contributed by atoms with van der Waals surface area (Å²) in [6, 6.07) is 0. The minimum absolute atomic E-state index is 0.239. The Balaban J connectivity index is 1.82. The molecule has 0 radical (unpaired) electrons. The Morgan fingerprint density at radius 3 is 2.22 bits per heavy atom. The lowest BCUT2D eigenvalue weighted by Gasteiger charge is -2.42. The Kier molecular flexibility index (Phi) is 5.08. The predicted octanol–water partition coefficient (Wildman–Crippen LogP) is 3.30. The molecule has 2 rings (SSSR count). The highest BCUT2D eigenvalue weighted by Gasteiger charge is 2.34. The van der Waals surface area contributed by atoms with Crippen LogP contribution in [0.4, 0.5) is 0 Å². The highest BCUT2D eigenvalue weighted by molar-refractivity contribution is 4.87. The van der Waals surface area contributed by atoms with Gasteiger partial charge in [-0.3, -0.25) is 0 Å². The number of nitrogens with zero attached hydrogens (tertiary/aromatic N) is 1. The number of likely N-dealkylation sites (tertiary alicyclic amines) is 1. The van der Waals surface area contributed by atoms with Crippen LogP contribution in [0.15, 0.2) is 0 Å². The maximum atomic E-state index is 9.79. The van der Waals surface area contributed by atoms with E-state index >= 15 is 0 Å². The van der Waals surface area contributed by atoms with E-state index in [9.17, 15) is 5.11 Å². The van der Waals surface area contributed by atoms with Crippen LogP contribution in [0.5, 0.6) is 0 Å². The van der Waals surface area contributed by atoms with Crippen LogP contribution < -0.4 is 0 Å². The topological polar surface area (TPSA) is 23.5 Å². The zero-order valence-corrected chi connectivity index (χ0v) is 12.3. The normalized spacial score (nSPS) is 26.7. The van der Waals surface area contributed by atoms with Gasteiger partial charge in [0.15, 0.2) is 0 Å². The zero-order valence-electron chi connectivity index (χ0n) is 12.3. The summed E-state index contributed by atoms with van der Waals surface area (Å²) in [7, 11) is 0. The second kappa shape index (κ2) is 6.38. The molecular formula is C16H31NO. The van der Waals surface area contributed by atoms with Crippen LogP contribution in [0, 0.1) is 17.3 Å². The summed E-state index contributed by atoms with van der Waals surface area (Å²) >= 11 is 0. The fourth-order valence-corrected chi connectivity index (χ4v) is 3.92. The average Bonchev–Trinajstić information content (AvgIpc) is 2.40. The Hall–Kier alpha value is -0.0800. The minimum Gasteiger partial charge on any atom is -0.396 e. The molecule has 0 aromatic rings. The molecule has 2 heteroatoms. The molecule has 1 N–H and O–H groups in total. The largest absolute Gasteiger partial charge is 0.396 e. The first-order valence-electron chi connectivity index (χ1n) is 7.98. The van der Waals surface area contributed by atoms with E-state index in [-0.39, 0.29) is 5.41 Å². The van der Waals surface area contributed by atoms with Crippen molar-refractivity contribution in [1.82, 2.24) is 4.90 Å². The first-order valence-corrected chi connectivity index (χ1v) is 7.98. The highest BCUT2D eigenvalue weighted by atomic mass is 16.3. The summed E-state index contributed by atoms with van der Waals surface area (Å²) in [6.45, 7) is 8.77. The van der Waals surface area contributed by atoms with E-state index < -0.39 is 0 Å². The number of piperidine rings is 1.